The Balaban J connectivity index is 2.16. The summed E-state index contributed by atoms with van der Waals surface area (Å²) in [4.78, 5) is 1.31. The number of thiophene rings is 1. The van der Waals surface area contributed by atoms with E-state index in [1.54, 1.807) is 18.4 Å². The summed E-state index contributed by atoms with van der Waals surface area (Å²) < 4.78 is 5.31. The molecule has 1 aromatic heterocycles. The maximum absolute atomic E-state index is 6.43. The topological polar surface area (TPSA) is 9.23 Å². The first-order chi connectivity index (χ1) is 8.20. The molecule has 0 radical (unpaired) electrons. The molecule has 2 rings (SSSR count). The standard InChI is InChI=1S/C14H15ClOS/c1-10-5-6-11(8-14(10)16-2)13(15)9-12-4-3-7-17-12/h3-8,13H,9H2,1-2H3. The van der Waals surface area contributed by atoms with Gasteiger partial charge in [0.15, 0.2) is 0 Å². The number of methoxy groups -OCH3 is 1. The molecule has 1 aromatic carbocycles. The fourth-order valence-corrected chi connectivity index (χ4v) is 2.90. The maximum Gasteiger partial charge on any atom is 0.122 e. The highest BCUT2D eigenvalue weighted by molar-refractivity contribution is 7.09. The Morgan fingerprint density at radius 3 is 2.82 bits per heavy atom. The largest absolute Gasteiger partial charge is 0.496 e. The van der Waals surface area contributed by atoms with Crippen molar-refractivity contribution in [3.05, 3.63) is 51.7 Å². The number of hydrogen-bond donors (Lipinski definition) is 0. The van der Waals surface area contributed by atoms with Crippen LogP contribution in [-0.4, -0.2) is 7.11 Å². The van der Waals surface area contributed by atoms with E-state index in [1.807, 2.05) is 13.0 Å². The Hall–Kier alpha value is -0.990. The van der Waals surface area contributed by atoms with Gasteiger partial charge < -0.3 is 4.74 Å². The number of hydrogen-bond acceptors (Lipinski definition) is 2. The van der Waals surface area contributed by atoms with Crippen LogP contribution < -0.4 is 4.74 Å². The van der Waals surface area contributed by atoms with Crippen LogP contribution in [-0.2, 0) is 6.42 Å². The molecule has 0 N–H and O–H groups in total. The van der Waals surface area contributed by atoms with E-state index in [4.69, 9.17) is 16.3 Å². The van der Waals surface area contributed by atoms with Crippen molar-refractivity contribution in [2.45, 2.75) is 18.7 Å². The molecular weight excluding hydrogens is 252 g/mol. The van der Waals surface area contributed by atoms with Gasteiger partial charge in [0.05, 0.1) is 12.5 Å². The van der Waals surface area contributed by atoms with Crippen LogP contribution in [0.15, 0.2) is 35.7 Å². The van der Waals surface area contributed by atoms with Gasteiger partial charge in [0, 0.05) is 11.3 Å². The Morgan fingerprint density at radius 2 is 2.18 bits per heavy atom. The summed E-state index contributed by atoms with van der Waals surface area (Å²) in [6.45, 7) is 2.03. The number of ether oxygens (including phenoxy) is 1. The normalized spacial score (nSPS) is 12.4. The van der Waals surface area contributed by atoms with Gasteiger partial charge in [0.25, 0.3) is 0 Å². The number of alkyl halides is 1. The summed E-state index contributed by atoms with van der Waals surface area (Å²) in [6, 6.07) is 10.3. The van der Waals surface area contributed by atoms with Crippen LogP contribution in [0.3, 0.4) is 0 Å². The Labute approximate surface area is 111 Å². The van der Waals surface area contributed by atoms with Crippen molar-refractivity contribution in [2.75, 3.05) is 7.11 Å². The Kier molecular flexibility index (Phi) is 4.08. The summed E-state index contributed by atoms with van der Waals surface area (Å²) in [5.41, 5.74) is 2.25. The van der Waals surface area contributed by atoms with Crippen LogP contribution in [0.4, 0.5) is 0 Å². The van der Waals surface area contributed by atoms with Gasteiger partial charge in [-0.25, -0.2) is 0 Å². The molecular formula is C14H15ClOS. The quantitative estimate of drug-likeness (QED) is 0.736. The van der Waals surface area contributed by atoms with Gasteiger partial charge >= 0.3 is 0 Å². The summed E-state index contributed by atoms with van der Waals surface area (Å²) in [7, 11) is 1.69. The smallest absolute Gasteiger partial charge is 0.122 e. The lowest BCUT2D eigenvalue weighted by atomic mass is 10.1. The van der Waals surface area contributed by atoms with E-state index in [2.05, 4.69) is 29.6 Å². The molecule has 1 heterocycles. The van der Waals surface area contributed by atoms with Gasteiger partial charge in [-0.2, -0.15) is 0 Å². The molecule has 0 amide bonds. The zero-order valence-corrected chi connectivity index (χ0v) is 11.5. The van der Waals surface area contributed by atoms with Gasteiger partial charge in [-0.15, -0.1) is 22.9 Å². The van der Waals surface area contributed by atoms with Crippen molar-refractivity contribution < 1.29 is 4.74 Å². The Bertz CT molecular complexity index is 479. The molecule has 1 unspecified atom stereocenters. The van der Waals surface area contributed by atoms with Crippen LogP contribution in [0, 0.1) is 6.92 Å². The first-order valence-electron chi connectivity index (χ1n) is 5.51. The monoisotopic (exact) mass is 266 g/mol. The molecule has 90 valence electrons. The lowest BCUT2D eigenvalue weighted by molar-refractivity contribution is 0.411. The van der Waals surface area contributed by atoms with Gasteiger partial charge in [-0.1, -0.05) is 18.2 Å². The number of halogens is 1. The van der Waals surface area contributed by atoms with E-state index < -0.39 is 0 Å². The van der Waals surface area contributed by atoms with Crippen LogP contribution in [0.1, 0.15) is 21.4 Å². The second kappa shape index (κ2) is 5.56. The van der Waals surface area contributed by atoms with E-state index in [0.717, 1.165) is 23.3 Å². The average molecular weight is 267 g/mol. The fraction of sp³-hybridized carbons (Fsp3) is 0.286. The van der Waals surface area contributed by atoms with E-state index in [9.17, 15) is 0 Å². The lowest BCUT2D eigenvalue weighted by Gasteiger charge is -2.12. The third kappa shape index (κ3) is 3.02. The van der Waals surface area contributed by atoms with Crippen LogP contribution in [0.5, 0.6) is 5.75 Å². The van der Waals surface area contributed by atoms with E-state index in [1.165, 1.54) is 4.88 Å². The first-order valence-corrected chi connectivity index (χ1v) is 6.83. The van der Waals surface area contributed by atoms with E-state index >= 15 is 0 Å². The van der Waals surface area contributed by atoms with Crippen molar-refractivity contribution in [2.24, 2.45) is 0 Å². The zero-order chi connectivity index (χ0) is 12.3. The van der Waals surface area contributed by atoms with Crippen molar-refractivity contribution in [3.8, 4) is 5.75 Å². The molecule has 0 bridgehead atoms. The van der Waals surface area contributed by atoms with Crippen LogP contribution in [0.2, 0.25) is 0 Å². The molecule has 0 aliphatic rings. The SMILES string of the molecule is COc1cc(C(Cl)Cc2cccs2)ccc1C. The summed E-state index contributed by atoms with van der Waals surface area (Å²) >= 11 is 8.17. The predicted molar refractivity (Wildman–Crippen MR) is 74.3 cm³/mol. The van der Waals surface area contributed by atoms with Gasteiger partial charge in [0.2, 0.25) is 0 Å². The molecule has 0 fully saturated rings. The highest BCUT2D eigenvalue weighted by Gasteiger charge is 2.11. The molecule has 0 saturated heterocycles. The van der Waals surface area contributed by atoms with Crippen molar-refractivity contribution in [3.63, 3.8) is 0 Å². The second-order valence-electron chi connectivity index (χ2n) is 3.98. The molecule has 0 aliphatic heterocycles. The third-order valence-electron chi connectivity index (χ3n) is 2.75. The number of benzene rings is 1. The minimum atomic E-state index is 0.00292. The molecule has 2 aromatic rings. The maximum atomic E-state index is 6.43. The fourth-order valence-electron chi connectivity index (χ4n) is 1.75. The number of rotatable bonds is 4. The molecule has 3 heteroatoms. The minimum Gasteiger partial charge on any atom is -0.496 e. The third-order valence-corrected chi connectivity index (χ3v) is 4.06. The summed E-state index contributed by atoms with van der Waals surface area (Å²) in [6.07, 6.45) is 0.867. The average Bonchev–Trinajstić information content (AvgIpc) is 2.82. The van der Waals surface area contributed by atoms with E-state index in [-0.39, 0.29) is 5.38 Å². The molecule has 1 nitrogen and oxygen atoms in total. The first kappa shape index (κ1) is 12.5. The summed E-state index contributed by atoms with van der Waals surface area (Å²) in [5, 5.41) is 2.08. The van der Waals surface area contributed by atoms with Crippen molar-refractivity contribution >= 4 is 22.9 Å². The molecule has 0 saturated carbocycles. The van der Waals surface area contributed by atoms with Gasteiger partial charge in [-0.05, 0) is 35.6 Å². The minimum absolute atomic E-state index is 0.00292. The molecule has 1 atom stereocenters. The van der Waals surface area contributed by atoms with Crippen molar-refractivity contribution in [1.82, 2.24) is 0 Å². The molecule has 0 spiro atoms. The molecule has 17 heavy (non-hydrogen) atoms. The highest BCUT2D eigenvalue weighted by Crippen LogP contribution is 2.30. The second-order valence-corrected chi connectivity index (χ2v) is 5.54. The lowest BCUT2D eigenvalue weighted by Crippen LogP contribution is -1.96. The highest BCUT2D eigenvalue weighted by atomic mass is 35.5. The van der Waals surface area contributed by atoms with Gasteiger partial charge in [0.1, 0.15) is 5.75 Å². The van der Waals surface area contributed by atoms with Crippen LogP contribution in [0.25, 0.3) is 0 Å². The predicted octanol–water partition coefficient (Wildman–Crippen LogP) is 4.59. The van der Waals surface area contributed by atoms with Crippen LogP contribution >= 0.6 is 22.9 Å². The van der Waals surface area contributed by atoms with Gasteiger partial charge in [-0.3, -0.25) is 0 Å². The zero-order valence-electron chi connectivity index (χ0n) is 9.94. The number of aryl methyl sites for hydroxylation is 1. The summed E-state index contributed by atoms with van der Waals surface area (Å²) in [5.74, 6) is 0.902. The molecule has 0 aliphatic carbocycles. The Morgan fingerprint density at radius 1 is 1.35 bits per heavy atom. The van der Waals surface area contributed by atoms with Crippen molar-refractivity contribution in [1.29, 1.82) is 0 Å². The van der Waals surface area contributed by atoms with E-state index in [0.29, 0.717) is 0 Å².